The molecule has 9 heterocycles. The molecule has 15 rings (SSSR count). The first-order valence-electron chi connectivity index (χ1n) is 43.7. The lowest BCUT2D eigenvalue weighted by atomic mass is 9.91. The molecule has 0 bridgehead atoms. The Hall–Kier alpha value is -13.1. The van der Waals surface area contributed by atoms with Crippen molar-refractivity contribution in [2.45, 2.75) is 234 Å². The van der Waals surface area contributed by atoms with Crippen molar-refractivity contribution in [3.63, 3.8) is 0 Å². The third-order valence-corrected chi connectivity index (χ3v) is 20.7. The minimum absolute atomic E-state index is 0.00119. The number of methoxy groups -OCH3 is 3. The largest absolute Gasteiger partial charge is 0.497 e. The van der Waals surface area contributed by atoms with Crippen LogP contribution in [0.5, 0.6) is 23.0 Å². The van der Waals surface area contributed by atoms with E-state index < -0.39 is 0 Å². The summed E-state index contributed by atoms with van der Waals surface area (Å²) in [6, 6.07) is 50.5. The number of nitrogens with one attached hydrogen (secondary N) is 1. The highest BCUT2D eigenvalue weighted by atomic mass is 79.9. The Bertz CT molecular complexity index is 6170. The van der Waals surface area contributed by atoms with E-state index in [1.165, 1.54) is 23.0 Å². The molecule has 0 atom stereocenters. The molecule has 0 saturated carbocycles. The van der Waals surface area contributed by atoms with Gasteiger partial charge in [0.1, 0.15) is 58.0 Å². The summed E-state index contributed by atoms with van der Waals surface area (Å²) < 4.78 is 48.6. The van der Waals surface area contributed by atoms with Crippen LogP contribution < -0.4 is 24.3 Å². The van der Waals surface area contributed by atoms with E-state index in [-0.39, 0.29) is 55.8 Å². The first-order valence-corrected chi connectivity index (χ1v) is 45.4. The summed E-state index contributed by atoms with van der Waals surface area (Å²) in [5.74, 6) is 2.93. The number of rotatable bonds is 19. The number of ether oxygens (including phenoxy) is 4. The van der Waals surface area contributed by atoms with E-state index in [0.29, 0.717) is 30.1 Å². The fourth-order valence-corrected chi connectivity index (χ4v) is 13.5. The van der Waals surface area contributed by atoms with Crippen LogP contribution in [0.1, 0.15) is 219 Å². The van der Waals surface area contributed by atoms with Crippen LogP contribution >= 0.6 is 27.3 Å². The van der Waals surface area contributed by atoms with Gasteiger partial charge in [0.05, 0.1) is 116 Å². The Morgan fingerprint density at radius 3 is 1.50 bits per heavy atom. The standard InChI is InChI=1S/C18H22N4O.2C14H19N3O.C14H19N3.C13H15BrFN3.C13H18N4OS.C13H17N3O.CO2/c1-13-8-9-14-6-5-7-16(17(14)19-13)23-11-15-10-22(21-20-15)12-18(2,3)4;1-10-13(14(2,3)4)15-16-17(10)11-7-6-8-12(9-11)18-5;1-14(2,3)10-17-9-13(15-16-17)11-6-5-7-12(8-11)18-4;1-5-11-6-8-12(9-7-11)17-10-13(15-16-17)14(2,3)4;1-13(2,3)12-8-18(17-16-12)7-9-4-5-10(14)6-11(9)15;1-13(2,3)9-17-8-10(15-16-17)7-14-12(18)11-5-4-6-19-11;1-13(2,3)12-9-16(15-14-12)10-6-5-7-11(8-10)17-4;2-1-3/h5-10H,11-12H2,1-4H3;6-9H,1-5H3;5-9H,10H2,1-4H3;6-10H,5H2,1-4H3;4-6,8H,7H2,1-3H3;4-6,8H,7,9H2,1-3H3,(H,14,18);5-9H,1-4H3;. The second-order valence-corrected chi connectivity index (χ2v) is 41.2. The molecule has 133 heavy (non-hydrogen) atoms. The van der Waals surface area contributed by atoms with Crippen LogP contribution in [0.3, 0.4) is 0 Å². The third kappa shape index (κ3) is 34.2. The van der Waals surface area contributed by atoms with Crippen LogP contribution in [0.4, 0.5) is 4.39 Å². The minimum atomic E-state index is -0.239. The molecule has 1 amide bonds. The van der Waals surface area contributed by atoms with Crippen LogP contribution in [-0.2, 0) is 77.0 Å². The van der Waals surface area contributed by atoms with Crippen LogP contribution in [0.15, 0.2) is 205 Å². The predicted octanol–water partition coefficient (Wildman–Crippen LogP) is 20.6. The fourth-order valence-electron chi connectivity index (χ4n) is 12.5. The van der Waals surface area contributed by atoms with E-state index in [1.54, 1.807) is 42.8 Å². The molecule has 30 nitrogen and oxygen atoms in total. The van der Waals surface area contributed by atoms with Gasteiger partial charge in [-0.3, -0.25) is 18.8 Å². The van der Waals surface area contributed by atoms with Gasteiger partial charge in [-0.1, -0.05) is 271 Å². The number of pyridine rings is 1. The second-order valence-electron chi connectivity index (χ2n) is 39.3. The van der Waals surface area contributed by atoms with Crippen molar-refractivity contribution >= 4 is 50.2 Å². The molecule has 0 unspecified atom stereocenters. The number of aromatic nitrogens is 22. The zero-order valence-corrected chi connectivity index (χ0v) is 84.3. The first kappa shape index (κ1) is 105. The molecule has 15 aromatic rings. The molecule has 0 saturated heterocycles. The van der Waals surface area contributed by atoms with Crippen LogP contribution in [0.25, 0.3) is 39.2 Å². The Labute approximate surface area is 793 Å². The van der Waals surface area contributed by atoms with Crippen molar-refractivity contribution in [1.82, 2.24) is 115 Å². The predicted molar refractivity (Wildman–Crippen MR) is 521 cm³/mol. The molecule has 0 spiro atoms. The van der Waals surface area contributed by atoms with E-state index in [2.05, 4.69) is 281 Å². The van der Waals surface area contributed by atoms with Crippen molar-refractivity contribution in [2.75, 3.05) is 21.3 Å². The van der Waals surface area contributed by atoms with Crippen molar-refractivity contribution in [2.24, 2.45) is 16.2 Å². The molecule has 1 N–H and O–H groups in total. The minimum Gasteiger partial charge on any atom is -0.497 e. The number of fused-ring (bicyclic) bond motifs is 1. The van der Waals surface area contributed by atoms with Gasteiger partial charge in [0.25, 0.3) is 5.91 Å². The summed E-state index contributed by atoms with van der Waals surface area (Å²) in [5.41, 5.74) is 15.8. The maximum Gasteiger partial charge on any atom is 0.373 e. The van der Waals surface area contributed by atoms with Gasteiger partial charge in [0.15, 0.2) is 0 Å². The molecule has 0 radical (unpaired) electrons. The molecule has 9 aromatic heterocycles. The van der Waals surface area contributed by atoms with Gasteiger partial charge in [-0.15, -0.1) is 47.0 Å². The van der Waals surface area contributed by atoms with Crippen molar-refractivity contribution in [3.05, 3.63) is 272 Å². The topological polar surface area (TPSA) is 328 Å². The van der Waals surface area contributed by atoms with E-state index in [4.69, 9.17) is 28.5 Å². The lowest BCUT2D eigenvalue weighted by Crippen LogP contribution is -2.22. The highest BCUT2D eigenvalue weighted by molar-refractivity contribution is 9.10. The molecule has 0 aliphatic carbocycles. The molecule has 0 aliphatic heterocycles. The van der Waals surface area contributed by atoms with E-state index in [1.807, 2.05) is 189 Å². The number of hydrogen-bond donors (Lipinski definition) is 1. The molecule has 0 aliphatic rings. The van der Waals surface area contributed by atoms with Crippen LogP contribution in [0, 0.1) is 35.9 Å². The van der Waals surface area contributed by atoms with Gasteiger partial charge < -0.3 is 24.3 Å². The number of carbonyl (C=O) groups excluding carboxylic acids is 3. The summed E-state index contributed by atoms with van der Waals surface area (Å²) in [6.45, 7) is 54.8. The average molecular weight is 1900 g/mol. The maximum atomic E-state index is 13.7. The summed E-state index contributed by atoms with van der Waals surface area (Å²) in [5, 5.41) is 64.0. The van der Waals surface area contributed by atoms with Gasteiger partial charge in [-0.05, 0) is 126 Å². The molecule has 0 fully saturated rings. The number of halogens is 2. The fraction of sp³-hybridized carbons (Fsp3) is 0.410. The lowest BCUT2D eigenvalue weighted by molar-refractivity contribution is -0.191. The zero-order valence-electron chi connectivity index (χ0n) is 81.9. The monoisotopic (exact) mass is 1890 g/mol. The molecular weight excluding hydrogens is 1770 g/mol. The van der Waals surface area contributed by atoms with Gasteiger partial charge in [-0.25, -0.2) is 28.1 Å². The number of benzene rings is 6. The zero-order chi connectivity index (χ0) is 97.8. The summed E-state index contributed by atoms with van der Waals surface area (Å²) >= 11 is 4.66. The van der Waals surface area contributed by atoms with Crippen LogP contribution in [0.2, 0.25) is 0 Å². The Morgan fingerprint density at radius 1 is 0.481 bits per heavy atom. The van der Waals surface area contributed by atoms with Crippen molar-refractivity contribution in [3.8, 4) is 51.3 Å². The number of nitrogens with zero attached hydrogens (tertiary/aromatic N) is 22. The number of carbonyl (C=O) groups is 1. The molecule has 33 heteroatoms. The lowest BCUT2D eigenvalue weighted by Gasteiger charge is -2.16. The van der Waals surface area contributed by atoms with Crippen molar-refractivity contribution < 1.29 is 37.7 Å². The maximum absolute atomic E-state index is 13.7. The van der Waals surface area contributed by atoms with Crippen molar-refractivity contribution in [1.29, 1.82) is 0 Å². The number of para-hydroxylation sites is 1. The van der Waals surface area contributed by atoms with Crippen LogP contribution in [-0.4, -0.2) is 143 Å². The highest BCUT2D eigenvalue weighted by Gasteiger charge is 2.25. The number of aryl methyl sites for hydroxylation is 2. The van der Waals surface area contributed by atoms with Gasteiger partial charge >= 0.3 is 6.15 Å². The molecule has 6 aromatic carbocycles. The average Bonchev–Trinajstić information content (AvgIpc) is 1.47. The van der Waals surface area contributed by atoms with Gasteiger partial charge in [-0.2, -0.15) is 9.59 Å². The first-order chi connectivity index (χ1) is 62.5. The highest BCUT2D eigenvalue weighted by Crippen LogP contribution is 2.31. The Balaban J connectivity index is 0.000000190. The Kier molecular flexibility index (Phi) is 37.4. The normalized spacial score (nSPS) is 11.5. The third-order valence-electron chi connectivity index (χ3n) is 19.4. The molecule has 706 valence electrons. The number of hydrogen-bond acceptors (Lipinski definition) is 23. The van der Waals surface area contributed by atoms with E-state index >= 15 is 0 Å². The second kappa shape index (κ2) is 47.3. The number of amides is 1. The summed E-state index contributed by atoms with van der Waals surface area (Å²) in [7, 11) is 4.98. The number of thiophene rings is 1. The van der Waals surface area contributed by atoms with E-state index in [0.717, 1.165) is 138 Å². The SMILES string of the molecule is CC(C)(C)Cn1cc(CNC(=O)c2cccs2)nn1.CC(C)(C)c1cn(Cc2ccc(Br)cc2F)nn1.CCc1ccc(-n2cc(C(C)(C)C)nn2)cc1.COc1cccc(-c2cn(CC(C)(C)C)nn2)c1.COc1cccc(-n2cc(C(C)(C)C)nn2)c1.COc1cccc(-n2nnc(C(C)(C)C)c2C)c1.Cc1ccc2cccc(OCc3cn(CC(C)(C)C)nn3)c2n1.O=C=O. The summed E-state index contributed by atoms with van der Waals surface area (Å²) in [4.78, 5) is 33.3. The quantitative estimate of drug-likeness (QED) is 0.0786. The van der Waals surface area contributed by atoms with Gasteiger partial charge in [0, 0.05) is 86.3 Å². The molecular formula is C100H129BrFN23O7S. The Morgan fingerprint density at radius 2 is 0.985 bits per heavy atom. The van der Waals surface area contributed by atoms with Gasteiger partial charge in [0.2, 0.25) is 0 Å². The smallest absolute Gasteiger partial charge is 0.373 e. The van der Waals surface area contributed by atoms with E-state index in [9.17, 15) is 9.18 Å². The summed E-state index contributed by atoms with van der Waals surface area (Å²) in [6.07, 6.45) is 12.9.